The number of halogens is 1. The highest BCUT2D eigenvalue weighted by atomic mass is 35.5. The molecule has 0 aliphatic heterocycles. The highest BCUT2D eigenvalue weighted by Crippen LogP contribution is 2.29. The number of rotatable bonds is 4. The highest BCUT2D eigenvalue weighted by molar-refractivity contribution is 6.30. The third-order valence-electron chi connectivity index (χ3n) is 3.88. The van der Waals surface area contributed by atoms with Gasteiger partial charge in [-0.1, -0.05) is 35.9 Å². The zero-order chi connectivity index (χ0) is 18.7. The van der Waals surface area contributed by atoms with Crippen LogP contribution in [0.4, 0.5) is 5.69 Å². The first-order valence-electron chi connectivity index (χ1n) is 7.71. The van der Waals surface area contributed by atoms with Crippen LogP contribution in [0.25, 0.3) is 23.0 Å². The summed E-state index contributed by atoms with van der Waals surface area (Å²) in [4.78, 5) is 10.7. The van der Waals surface area contributed by atoms with Gasteiger partial charge >= 0.3 is 0 Å². The van der Waals surface area contributed by atoms with Crippen molar-refractivity contribution in [2.45, 2.75) is 6.92 Å². The summed E-state index contributed by atoms with van der Waals surface area (Å²) in [5.41, 5.74) is 2.38. The van der Waals surface area contributed by atoms with Gasteiger partial charge in [0.1, 0.15) is 11.5 Å². The van der Waals surface area contributed by atoms with Gasteiger partial charge in [-0.05, 0) is 42.8 Å². The Kier molecular flexibility index (Phi) is 4.87. The van der Waals surface area contributed by atoms with Crippen molar-refractivity contribution >= 4 is 28.9 Å². The van der Waals surface area contributed by atoms with Gasteiger partial charge in [0.15, 0.2) is 0 Å². The summed E-state index contributed by atoms with van der Waals surface area (Å²) >= 11 is 5.87. The van der Waals surface area contributed by atoms with Crippen LogP contribution >= 0.6 is 11.6 Å². The quantitative estimate of drug-likeness (QED) is 0.329. The van der Waals surface area contributed by atoms with Crippen molar-refractivity contribution in [3.63, 3.8) is 0 Å². The predicted molar refractivity (Wildman–Crippen MR) is 100 cm³/mol. The van der Waals surface area contributed by atoms with Crippen LogP contribution < -0.4 is 0 Å². The van der Waals surface area contributed by atoms with Crippen LogP contribution in [0.15, 0.2) is 59.0 Å². The molecular weight excluding hydrogens is 352 g/mol. The summed E-state index contributed by atoms with van der Waals surface area (Å²) in [6, 6.07) is 17.4. The zero-order valence-electron chi connectivity index (χ0n) is 13.8. The number of hydrogen-bond donors (Lipinski definition) is 0. The number of nitro benzene ring substituents is 1. The van der Waals surface area contributed by atoms with Crippen LogP contribution in [-0.2, 0) is 0 Å². The van der Waals surface area contributed by atoms with Crippen LogP contribution in [0, 0.1) is 28.4 Å². The van der Waals surface area contributed by atoms with Gasteiger partial charge in [-0.2, -0.15) is 5.26 Å². The van der Waals surface area contributed by atoms with Crippen molar-refractivity contribution in [1.82, 2.24) is 0 Å². The van der Waals surface area contributed by atoms with E-state index in [1.807, 2.05) is 0 Å². The summed E-state index contributed by atoms with van der Waals surface area (Å²) in [7, 11) is 0. The number of benzene rings is 2. The molecule has 0 radical (unpaired) electrons. The molecule has 6 heteroatoms. The molecule has 1 aromatic heterocycles. The zero-order valence-corrected chi connectivity index (χ0v) is 14.5. The van der Waals surface area contributed by atoms with Crippen molar-refractivity contribution in [2.24, 2.45) is 0 Å². The Morgan fingerprint density at radius 2 is 1.92 bits per heavy atom. The molecule has 3 rings (SSSR count). The summed E-state index contributed by atoms with van der Waals surface area (Å²) < 4.78 is 5.75. The molecular formula is C20H13ClN2O3. The van der Waals surface area contributed by atoms with Crippen LogP contribution in [-0.4, -0.2) is 4.92 Å². The maximum atomic E-state index is 11.1. The first-order valence-corrected chi connectivity index (χ1v) is 8.08. The smallest absolute Gasteiger partial charge is 0.273 e. The second kappa shape index (κ2) is 7.26. The fourth-order valence-electron chi connectivity index (χ4n) is 2.50. The molecule has 0 saturated heterocycles. The van der Waals surface area contributed by atoms with Gasteiger partial charge < -0.3 is 4.42 Å². The minimum Gasteiger partial charge on any atom is -0.457 e. The fraction of sp³-hybridized carbons (Fsp3) is 0.0500. The highest BCUT2D eigenvalue weighted by Gasteiger charge is 2.14. The van der Waals surface area contributed by atoms with Crippen LogP contribution in [0.2, 0.25) is 5.02 Å². The van der Waals surface area contributed by atoms with Gasteiger partial charge in [0.2, 0.25) is 0 Å². The Bertz CT molecular complexity index is 1040. The van der Waals surface area contributed by atoms with Crippen molar-refractivity contribution < 1.29 is 9.34 Å². The number of nitrogens with zero attached hydrogens (tertiary/aromatic N) is 2. The molecule has 0 aliphatic carbocycles. The first-order chi connectivity index (χ1) is 12.5. The fourth-order valence-corrected chi connectivity index (χ4v) is 2.62. The molecule has 0 bridgehead atoms. The lowest BCUT2D eigenvalue weighted by atomic mass is 10.1. The Morgan fingerprint density at radius 1 is 1.19 bits per heavy atom. The molecule has 128 valence electrons. The van der Waals surface area contributed by atoms with E-state index in [0.717, 1.165) is 5.56 Å². The molecule has 0 spiro atoms. The van der Waals surface area contributed by atoms with E-state index in [-0.39, 0.29) is 5.69 Å². The molecule has 3 aromatic rings. The summed E-state index contributed by atoms with van der Waals surface area (Å²) in [6.07, 6.45) is 1.62. The van der Waals surface area contributed by atoms with Crippen LogP contribution in [0.1, 0.15) is 16.9 Å². The molecule has 0 N–H and O–H groups in total. The molecule has 0 saturated carbocycles. The summed E-state index contributed by atoms with van der Waals surface area (Å²) in [5.74, 6) is 0.975. The third kappa shape index (κ3) is 3.66. The van der Waals surface area contributed by atoms with Crippen molar-refractivity contribution in [3.05, 3.63) is 86.6 Å². The van der Waals surface area contributed by atoms with E-state index in [4.69, 9.17) is 16.0 Å². The summed E-state index contributed by atoms with van der Waals surface area (Å²) in [6.45, 7) is 1.68. The monoisotopic (exact) mass is 364 g/mol. The number of hydrogen-bond acceptors (Lipinski definition) is 4. The summed E-state index contributed by atoms with van der Waals surface area (Å²) in [5, 5.41) is 21.1. The number of furan rings is 1. The van der Waals surface area contributed by atoms with Crippen molar-refractivity contribution in [1.29, 1.82) is 5.26 Å². The molecule has 0 fully saturated rings. The predicted octanol–water partition coefficient (Wildman–Crippen LogP) is 5.88. The normalized spacial score (nSPS) is 11.2. The number of aryl methyl sites for hydroxylation is 1. The van der Waals surface area contributed by atoms with E-state index < -0.39 is 4.92 Å². The molecule has 5 nitrogen and oxygen atoms in total. The topological polar surface area (TPSA) is 80.1 Å². The molecule has 26 heavy (non-hydrogen) atoms. The Morgan fingerprint density at radius 3 is 2.58 bits per heavy atom. The van der Waals surface area contributed by atoms with E-state index in [0.29, 0.717) is 33.2 Å². The van der Waals surface area contributed by atoms with E-state index in [9.17, 15) is 15.4 Å². The maximum absolute atomic E-state index is 11.1. The minimum absolute atomic E-state index is 0.0369. The minimum atomic E-state index is -0.420. The molecule has 1 heterocycles. The first kappa shape index (κ1) is 17.5. The number of nitro groups is 1. The van der Waals surface area contributed by atoms with Gasteiger partial charge in [-0.15, -0.1) is 0 Å². The van der Waals surface area contributed by atoms with E-state index in [1.54, 1.807) is 61.5 Å². The van der Waals surface area contributed by atoms with Gasteiger partial charge in [0.05, 0.1) is 16.6 Å². The third-order valence-corrected chi connectivity index (χ3v) is 4.13. The largest absolute Gasteiger partial charge is 0.457 e. The lowest BCUT2D eigenvalue weighted by Gasteiger charge is -2.01. The molecule has 2 aromatic carbocycles. The Balaban J connectivity index is 1.95. The van der Waals surface area contributed by atoms with Gasteiger partial charge in [-0.25, -0.2) is 0 Å². The van der Waals surface area contributed by atoms with Crippen molar-refractivity contribution in [2.75, 3.05) is 0 Å². The van der Waals surface area contributed by atoms with E-state index in [1.165, 1.54) is 6.07 Å². The SMILES string of the molecule is Cc1ccc(-c2ccc(C=C(C#N)c3ccc(Cl)cc3)o2)cc1[N+](=O)[O-]. The average Bonchev–Trinajstić information content (AvgIpc) is 3.09. The standard InChI is InChI=1S/C20H13ClN2O3/c1-13-2-3-15(11-19(13)23(24)25)20-9-8-18(26-20)10-16(12-22)14-4-6-17(21)7-5-14/h2-11H,1H3. The Hall–Kier alpha value is -3.36. The molecule has 0 aliphatic rings. The number of allylic oxidation sites excluding steroid dienone is 1. The Labute approximate surface area is 154 Å². The molecule has 0 amide bonds. The second-order valence-corrected chi connectivity index (χ2v) is 6.07. The van der Waals surface area contributed by atoms with Gasteiger partial charge in [0.25, 0.3) is 5.69 Å². The van der Waals surface area contributed by atoms with Gasteiger partial charge in [-0.3, -0.25) is 10.1 Å². The number of nitriles is 1. The van der Waals surface area contributed by atoms with E-state index in [2.05, 4.69) is 6.07 Å². The average molecular weight is 365 g/mol. The van der Waals surface area contributed by atoms with Crippen molar-refractivity contribution in [3.8, 4) is 17.4 Å². The molecule has 0 atom stereocenters. The molecule has 0 unspecified atom stereocenters. The van der Waals surface area contributed by atoms with Crippen LogP contribution in [0.3, 0.4) is 0 Å². The van der Waals surface area contributed by atoms with E-state index >= 15 is 0 Å². The second-order valence-electron chi connectivity index (χ2n) is 5.64. The maximum Gasteiger partial charge on any atom is 0.273 e. The van der Waals surface area contributed by atoms with Gasteiger partial charge in [0, 0.05) is 22.2 Å². The van der Waals surface area contributed by atoms with Crippen LogP contribution in [0.5, 0.6) is 0 Å². The lowest BCUT2D eigenvalue weighted by molar-refractivity contribution is -0.385. The lowest BCUT2D eigenvalue weighted by Crippen LogP contribution is -1.91.